The normalized spacial score (nSPS) is 23.0. The average molecular weight is 308 g/mol. The number of hydrogen-bond donors (Lipinski definition) is 2. The van der Waals surface area contributed by atoms with Crippen LogP contribution in [0.3, 0.4) is 0 Å². The molecular weight excluding hydrogens is 297 g/mol. The average Bonchev–Trinajstić information content (AvgIpc) is 2.76. The first-order valence-electron chi connectivity index (χ1n) is 5.24. The first-order valence-corrected chi connectivity index (χ1v) is 7.05. The summed E-state index contributed by atoms with van der Waals surface area (Å²) >= 11 is 13.3. The minimum absolute atomic E-state index is 0.0437. The zero-order valence-electron chi connectivity index (χ0n) is 9.23. The Morgan fingerprint density at radius 3 is 2.94 bits per heavy atom. The lowest BCUT2D eigenvalue weighted by Crippen LogP contribution is -2.38. The molecule has 1 aliphatic rings. The van der Waals surface area contributed by atoms with Gasteiger partial charge in [0.2, 0.25) is 0 Å². The van der Waals surface area contributed by atoms with Crippen LogP contribution in [0.5, 0.6) is 5.75 Å². The van der Waals surface area contributed by atoms with E-state index in [1.54, 1.807) is 18.2 Å². The fourth-order valence-electron chi connectivity index (χ4n) is 1.53. The van der Waals surface area contributed by atoms with Gasteiger partial charge in [-0.1, -0.05) is 23.2 Å². The van der Waals surface area contributed by atoms with Crippen LogP contribution in [0, 0.1) is 0 Å². The molecule has 98 valence electrons. The minimum Gasteiger partial charge on any atom is -0.490 e. The number of nitrogens with one attached hydrogen (secondary N) is 1. The SMILES string of the molecule is O=C(O)C1CSC(COc2ccc(Cl)cc2Cl)N1. The van der Waals surface area contributed by atoms with Crippen molar-refractivity contribution in [2.75, 3.05) is 12.4 Å². The minimum atomic E-state index is -0.838. The fraction of sp³-hybridized carbons (Fsp3) is 0.364. The molecule has 0 bridgehead atoms. The molecule has 1 heterocycles. The second-order valence-corrected chi connectivity index (χ2v) is 5.84. The molecule has 2 atom stereocenters. The highest BCUT2D eigenvalue weighted by molar-refractivity contribution is 8.00. The Kier molecular flexibility index (Phi) is 4.61. The lowest BCUT2D eigenvalue weighted by molar-refractivity contribution is -0.138. The van der Waals surface area contributed by atoms with Crippen molar-refractivity contribution in [1.29, 1.82) is 0 Å². The zero-order chi connectivity index (χ0) is 13.1. The monoisotopic (exact) mass is 307 g/mol. The molecule has 4 nitrogen and oxygen atoms in total. The highest BCUT2D eigenvalue weighted by Gasteiger charge is 2.29. The molecule has 1 aromatic carbocycles. The van der Waals surface area contributed by atoms with E-state index >= 15 is 0 Å². The van der Waals surface area contributed by atoms with Gasteiger partial charge in [0.15, 0.2) is 0 Å². The summed E-state index contributed by atoms with van der Waals surface area (Å²) in [6.45, 7) is 0.357. The van der Waals surface area contributed by atoms with Crippen molar-refractivity contribution in [2.45, 2.75) is 11.4 Å². The first kappa shape index (κ1) is 13.8. The summed E-state index contributed by atoms with van der Waals surface area (Å²) in [7, 11) is 0. The maximum atomic E-state index is 10.8. The van der Waals surface area contributed by atoms with Crippen LogP contribution in [-0.4, -0.2) is 34.9 Å². The molecule has 1 aromatic rings. The van der Waals surface area contributed by atoms with Crippen molar-refractivity contribution in [3.05, 3.63) is 28.2 Å². The van der Waals surface area contributed by atoms with Gasteiger partial charge in [0.05, 0.1) is 10.4 Å². The molecule has 1 fully saturated rings. The highest BCUT2D eigenvalue weighted by Crippen LogP contribution is 2.28. The number of aliphatic carboxylic acids is 1. The number of carbonyl (C=O) groups is 1. The summed E-state index contributed by atoms with van der Waals surface area (Å²) < 4.78 is 5.54. The molecule has 0 spiro atoms. The summed E-state index contributed by atoms with van der Waals surface area (Å²) in [5, 5.41) is 12.7. The van der Waals surface area contributed by atoms with Gasteiger partial charge >= 0.3 is 5.97 Å². The van der Waals surface area contributed by atoms with Crippen LogP contribution in [0.15, 0.2) is 18.2 Å². The van der Waals surface area contributed by atoms with Crippen LogP contribution in [0.4, 0.5) is 0 Å². The fourth-order valence-corrected chi connectivity index (χ4v) is 3.08. The van der Waals surface area contributed by atoms with Crippen molar-refractivity contribution < 1.29 is 14.6 Å². The van der Waals surface area contributed by atoms with Crippen LogP contribution < -0.4 is 10.1 Å². The maximum Gasteiger partial charge on any atom is 0.321 e. The molecule has 0 amide bonds. The van der Waals surface area contributed by atoms with Crippen LogP contribution in [0.25, 0.3) is 0 Å². The zero-order valence-corrected chi connectivity index (χ0v) is 11.6. The molecule has 0 aliphatic carbocycles. The van der Waals surface area contributed by atoms with Gasteiger partial charge in [-0.25, -0.2) is 0 Å². The number of carboxylic acids is 1. The Balaban J connectivity index is 1.87. The number of rotatable bonds is 4. The Morgan fingerprint density at radius 2 is 2.33 bits per heavy atom. The summed E-state index contributed by atoms with van der Waals surface area (Å²) in [6, 6.07) is 4.48. The Morgan fingerprint density at radius 1 is 1.56 bits per heavy atom. The summed E-state index contributed by atoms with van der Waals surface area (Å²) in [5.74, 6) is 0.245. The highest BCUT2D eigenvalue weighted by atomic mass is 35.5. The van der Waals surface area contributed by atoms with E-state index in [0.29, 0.717) is 28.2 Å². The van der Waals surface area contributed by atoms with E-state index in [2.05, 4.69) is 5.32 Å². The molecule has 0 saturated carbocycles. The first-order chi connectivity index (χ1) is 8.56. The van der Waals surface area contributed by atoms with E-state index in [9.17, 15) is 4.79 Å². The molecule has 0 radical (unpaired) electrons. The summed E-state index contributed by atoms with van der Waals surface area (Å²) in [5.41, 5.74) is 0. The third-order valence-electron chi connectivity index (χ3n) is 2.43. The van der Waals surface area contributed by atoms with Gasteiger partial charge in [-0.15, -0.1) is 11.8 Å². The van der Waals surface area contributed by atoms with Crippen LogP contribution in [0.1, 0.15) is 0 Å². The van der Waals surface area contributed by atoms with E-state index in [1.807, 2.05) is 0 Å². The molecule has 18 heavy (non-hydrogen) atoms. The Labute approximate surface area is 119 Å². The Hall–Kier alpha value is -0.620. The maximum absolute atomic E-state index is 10.8. The number of carboxylic acid groups (broad SMARTS) is 1. The van der Waals surface area contributed by atoms with Gasteiger partial charge in [0, 0.05) is 10.8 Å². The van der Waals surface area contributed by atoms with Crippen molar-refractivity contribution in [1.82, 2.24) is 5.32 Å². The predicted molar refractivity (Wildman–Crippen MR) is 72.8 cm³/mol. The third kappa shape index (κ3) is 3.45. The van der Waals surface area contributed by atoms with E-state index in [1.165, 1.54) is 11.8 Å². The van der Waals surface area contributed by atoms with Crippen LogP contribution in [0.2, 0.25) is 10.0 Å². The van der Waals surface area contributed by atoms with Gasteiger partial charge in [-0.3, -0.25) is 10.1 Å². The van der Waals surface area contributed by atoms with Gasteiger partial charge in [0.25, 0.3) is 0 Å². The van der Waals surface area contributed by atoms with Crippen LogP contribution >= 0.6 is 35.0 Å². The second kappa shape index (κ2) is 6.02. The van der Waals surface area contributed by atoms with Gasteiger partial charge in [-0.2, -0.15) is 0 Å². The Bertz CT molecular complexity index is 458. The summed E-state index contributed by atoms with van der Waals surface area (Å²) in [6.07, 6.45) is 0. The number of hydrogen-bond acceptors (Lipinski definition) is 4. The molecule has 1 aliphatic heterocycles. The van der Waals surface area contributed by atoms with Gasteiger partial charge in [-0.05, 0) is 18.2 Å². The van der Waals surface area contributed by atoms with Gasteiger partial charge < -0.3 is 9.84 Å². The number of halogens is 2. The molecular formula is C11H11Cl2NO3S. The lowest BCUT2D eigenvalue weighted by atomic mass is 10.3. The van der Waals surface area contributed by atoms with Gasteiger partial charge in [0.1, 0.15) is 18.4 Å². The van der Waals surface area contributed by atoms with E-state index in [0.717, 1.165) is 0 Å². The molecule has 2 unspecified atom stereocenters. The van der Waals surface area contributed by atoms with Crippen molar-refractivity contribution in [2.24, 2.45) is 0 Å². The number of benzene rings is 1. The largest absolute Gasteiger partial charge is 0.490 e. The van der Waals surface area contributed by atoms with Crippen molar-refractivity contribution in [3.63, 3.8) is 0 Å². The van der Waals surface area contributed by atoms with Crippen molar-refractivity contribution in [3.8, 4) is 5.75 Å². The van der Waals surface area contributed by atoms with E-state index < -0.39 is 12.0 Å². The lowest BCUT2D eigenvalue weighted by Gasteiger charge is -2.13. The van der Waals surface area contributed by atoms with E-state index in [4.69, 9.17) is 33.0 Å². The molecule has 2 N–H and O–H groups in total. The number of thioether (sulfide) groups is 1. The molecule has 2 rings (SSSR count). The standard InChI is InChI=1S/C11H11Cl2NO3S/c12-6-1-2-9(7(13)3-6)17-4-10-14-8(5-18-10)11(15)16/h1-3,8,10,14H,4-5H2,(H,15,16). The topological polar surface area (TPSA) is 58.6 Å². The quantitative estimate of drug-likeness (QED) is 0.895. The molecule has 0 aromatic heterocycles. The molecule has 7 heteroatoms. The second-order valence-electron chi connectivity index (χ2n) is 3.77. The van der Waals surface area contributed by atoms with E-state index in [-0.39, 0.29) is 5.37 Å². The third-order valence-corrected chi connectivity index (χ3v) is 4.16. The smallest absolute Gasteiger partial charge is 0.321 e. The summed E-state index contributed by atoms with van der Waals surface area (Å²) in [4.78, 5) is 10.8. The number of ether oxygens (including phenoxy) is 1. The molecule has 1 saturated heterocycles. The predicted octanol–water partition coefficient (Wildman–Crippen LogP) is 2.49. The van der Waals surface area contributed by atoms with Crippen LogP contribution in [-0.2, 0) is 4.79 Å². The van der Waals surface area contributed by atoms with Crippen molar-refractivity contribution >= 4 is 40.9 Å².